The van der Waals surface area contributed by atoms with Gasteiger partial charge in [0, 0.05) is 38.3 Å². The third-order valence-corrected chi connectivity index (χ3v) is 6.78. The Bertz CT molecular complexity index is 568. The molecule has 0 radical (unpaired) electrons. The molecule has 1 atom stereocenters. The quantitative estimate of drug-likeness (QED) is 0.711. The topological polar surface area (TPSA) is 81.8 Å². The number of hydrogen-bond donors (Lipinski definition) is 2. The first kappa shape index (κ1) is 19.2. The average Bonchev–Trinajstić information content (AvgIpc) is 2.55. The largest absolute Gasteiger partial charge is 0.335 e. The second kappa shape index (κ2) is 8.31. The van der Waals surface area contributed by atoms with E-state index in [0.29, 0.717) is 25.9 Å². The highest BCUT2D eigenvalue weighted by molar-refractivity contribution is 7.89. The Hall–Kier alpha value is -1.12. The average molecular weight is 359 g/mol. The monoisotopic (exact) mass is 358 g/mol. The first-order chi connectivity index (χ1) is 11.3. The number of amides is 2. The molecule has 2 aliphatic rings. The van der Waals surface area contributed by atoms with Gasteiger partial charge in [-0.1, -0.05) is 6.08 Å². The standard InChI is InChI=1S/C16H30N4O3S/c1-4-24(22,23)20-11-7-15(8-12-20)18-16(21)17-13(2)14-5-9-19(3)10-6-14/h5,13,15H,4,6-12H2,1-3H3,(H2,17,18,21). The lowest BCUT2D eigenvalue weighted by Crippen LogP contribution is -2.51. The van der Waals surface area contributed by atoms with E-state index in [1.165, 1.54) is 9.88 Å². The predicted octanol–water partition coefficient (Wildman–Crippen LogP) is 0.750. The number of likely N-dealkylation sites (N-methyl/N-ethyl adjacent to an activating group) is 1. The highest BCUT2D eigenvalue weighted by atomic mass is 32.2. The molecule has 138 valence electrons. The molecule has 0 aromatic heterocycles. The van der Waals surface area contributed by atoms with Crippen molar-refractivity contribution in [2.24, 2.45) is 0 Å². The summed E-state index contributed by atoms with van der Waals surface area (Å²) in [7, 11) is -1.03. The second-order valence-corrected chi connectivity index (χ2v) is 8.96. The Morgan fingerprint density at radius 3 is 2.54 bits per heavy atom. The number of nitrogens with zero attached hydrogens (tertiary/aromatic N) is 2. The lowest BCUT2D eigenvalue weighted by Gasteiger charge is -2.32. The highest BCUT2D eigenvalue weighted by Gasteiger charge is 2.27. The van der Waals surface area contributed by atoms with E-state index in [-0.39, 0.29) is 23.9 Å². The lowest BCUT2D eigenvalue weighted by atomic mass is 10.0. The van der Waals surface area contributed by atoms with Crippen molar-refractivity contribution in [3.63, 3.8) is 0 Å². The van der Waals surface area contributed by atoms with E-state index in [2.05, 4.69) is 28.7 Å². The van der Waals surface area contributed by atoms with Gasteiger partial charge in [0.1, 0.15) is 0 Å². The van der Waals surface area contributed by atoms with Gasteiger partial charge in [0.25, 0.3) is 0 Å². The Morgan fingerprint density at radius 2 is 2.00 bits per heavy atom. The van der Waals surface area contributed by atoms with Gasteiger partial charge in [0.2, 0.25) is 10.0 Å². The molecule has 0 aromatic rings. The number of rotatable bonds is 5. The molecule has 0 bridgehead atoms. The van der Waals surface area contributed by atoms with Crippen molar-refractivity contribution in [3.8, 4) is 0 Å². The van der Waals surface area contributed by atoms with Crippen LogP contribution >= 0.6 is 0 Å². The number of urea groups is 1. The van der Waals surface area contributed by atoms with Crippen LogP contribution < -0.4 is 10.6 Å². The Balaban J connectivity index is 1.76. The van der Waals surface area contributed by atoms with Crippen molar-refractivity contribution in [3.05, 3.63) is 11.6 Å². The molecule has 8 heteroatoms. The summed E-state index contributed by atoms with van der Waals surface area (Å²) in [6.07, 6.45) is 4.48. The van der Waals surface area contributed by atoms with Gasteiger partial charge in [-0.3, -0.25) is 0 Å². The Morgan fingerprint density at radius 1 is 1.33 bits per heavy atom. The maximum atomic E-state index is 12.2. The molecular formula is C16H30N4O3S. The summed E-state index contributed by atoms with van der Waals surface area (Å²) >= 11 is 0. The molecule has 24 heavy (non-hydrogen) atoms. The van der Waals surface area contributed by atoms with E-state index in [1.807, 2.05) is 6.92 Å². The van der Waals surface area contributed by atoms with Gasteiger partial charge in [0.15, 0.2) is 0 Å². The maximum absolute atomic E-state index is 12.2. The van der Waals surface area contributed by atoms with Crippen LogP contribution in [0.1, 0.15) is 33.1 Å². The summed E-state index contributed by atoms with van der Waals surface area (Å²) in [4.78, 5) is 14.4. The van der Waals surface area contributed by atoms with Crippen LogP contribution in [0.15, 0.2) is 11.6 Å². The smallest absolute Gasteiger partial charge is 0.315 e. The number of hydrogen-bond acceptors (Lipinski definition) is 4. The van der Waals surface area contributed by atoms with Crippen LogP contribution in [-0.4, -0.2) is 74.7 Å². The first-order valence-corrected chi connectivity index (χ1v) is 10.3. The van der Waals surface area contributed by atoms with E-state index in [0.717, 1.165) is 19.5 Å². The minimum absolute atomic E-state index is 0.0271. The molecule has 2 aliphatic heterocycles. The molecule has 0 aromatic carbocycles. The third-order valence-electron chi connectivity index (χ3n) is 4.90. The van der Waals surface area contributed by atoms with E-state index < -0.39 is 10.0 Å². The van der Waals surface area contributed by atoms with Crippen LogP contribution in [0.25, 0.3) is 0 Å². The SMILES string of the molecule is CCS(=O)(=O)N1CCC(NC(=O)NC(C)C2=CCN(C)CC2)CC1. The van der Waals surface area contributed by atoms with Crippen LogP contribution in [0.3, 0.4) is 0 Å². The zero-order valence-corrected chi connectivity index (χ0v) is 15.7. The van der Waals surface area contributed by atoms with Crippen LogP contribution in [0.2, 0.25) is 0 Å². The second-order valence-electron chi connectivity index (χ2n) is 6.70. The van der Waals surface area contributed by atoms with Gasteiger partial charge >= 0.3 is 6.03 Å². The van der Waals surface area contributed by atoms with E-state index in [9.17, 15) is 13.2 Å². The first-order valence-electron chi connectivity index (χ1n) is 8.74. The maximum Gasteiger partial charge on any atom is 0.315 e. The minimum atomic E-state index is -3.12. The Labute approximate surface area is 145 Å². The molecule has 1 fully saturated rings. The molecule has 1 unspecified atom stereocenters. The normalized spacial score (nSPS) is 22.7. The highest BCUT2D eigenvalue weighted by Crippen LogP contribution is 2.15. The zero-order chi connectivity index (χ0) is 17.7. The van der Waals surface area contributed by atoms with Gasteiger partial charge in [-0.2, -0.15) is 0 Å². The zero-order valence-electron chi connectivity index (χ0n) is 14.9. The fourth-order valence-electron chi connectivity index (χ4n) is 3.16. The molecule has 0 aliphatic carbocycles. The lowest BCUT2D eigenvalue weighted by molar-refractivity contribution is 0.225. The molecule has 2 heterocycles. The number of nitrogens with one attached hydrogen (secondary N) is 2. The van der Waals surface area contributed by atoms with Crippen molar-refractivity contribution < 1.29 is 13.2 Å². The van der Waals surface area contributed by atoms with Gasteiger partial charge in [-0.05, 0) is 45.7 Å². The van der Waals surface area contributed by atoms with Crippen LogP contribution in [0, 0.1) is 0 Å². The fraction of sp³-hybridized carbons (Fsp3) is 0.812. The van der Waals surface area contributed by atoms with Crippen molar-refractivity contribution in [1.82, 2.24) is 19.8 Å². The third kappa shape index (κ3) is 5.19. The molecule has 1 saturated heterocycles. The number of carbonyl (C=O) groups is 1. The molecule has 2 N–H and O–H groups in total. The van der Waals surface area contributed by atoms with Gasteiger partial charge < -0.3 is 15.5 Å². The number of sulfonamides is 1. The van der Waals surface area contributed by atoms with Crippen LogP contribution in [0.4, 0.5) is 4.79 Å². The van der Waals surface area contributed by atoms with Gasteiger partial charge in [0.05, 0.1) is 5.75 Å². The summed E-state index contributed by atoms with van der Waals surface area (Å²) in [6.45, 7) is 6.57. The molecular weight excluding hydrogens is 328 g/mol. The summed E-state index contributed by atoms with van der Waals surface area (Å²) in [6, 6.07) is -0.106. The number of carbonyl (C=O) groups excluding carboxylic acids is 1. The summed E-state index contributed by atoms with van der Waals surface area (Å²) in [5.74, 6) is 0.132. The van der Waals surface area contributed by atoms with Crippen molar-refractivity contribution >= 4 is 16.1 Å². The van der Waals surface area contributed by atoms with E-state index in [4.69, 9.17) is 0 Å². The summed E-state index contributed by atoms with van der Waals surface area (Å²) in [5, 5.41) is 5.97. The van der Waals surface area contributed by atoms with E-state index in [1.54, 1.807) is 6.92 Å². The molecule has 7 nitrogen and oxygen atoms in total. The van der Waals surface area contributed by atoms with Gasteiger partial charge in [-0.15, -0.1) is 0 Å². The molecule has 0 saturated carbocycles. The van der Waals surface area contributed by atoms with E-state index >= 15 is 0 Å². The number of piperidine rings is 1. The Kier molecular flexibility index (Phi) is 6.65. The molecule has 2 rings (SSSR count). The molecule has 0 spiro atoms. The van der Waals surface area contributed by atoms with Crippen molar-refractivity contribution in [1.29, 1.82) is 0 Å². The fourth-order valence-corrected chi connectivity index (χ4v) is 4.29. The van der Waals surface area contributed by atoms with Crippen LogP contribution in [-0.2, 0) is 10.0 Å². The van der Waals surface area contributed by atoms with Crippen molar-refractivity contribution in [2.45, 2.75) is 45.2 Å². The predicted molar refractivity (Wildman–Crippen MR) is 95.4 cm³/mol. The summed E-state index contributed by atoms with van der Waals surface area (Å²) < 4.78 is 25.2. The van der Waals surface area contributed by atoms with Crippen LogP contribution in [0.5, 0.6) is 0 Å². The van der Waals surface area contributed by atoms with Crippen molar-refractivity contribution in [2.75, 3.05) is 39.0 Å². The minimum Gasteiger partial charge on any atom is -0.335 e. The molecule has 2 amide bonds. The van der Waals surface area contributed by atoms with Gasteiger partial charge in [-0.25, -0.2) is 17.5 Å². The summed E-state index contributed by atoms with van der Waals surface area (Å²) in [5.41, 5.74) is 1.27.